The van der Waals surface area contributed by atoms with Crippen LogP contribution in [0.4, 0.5) is 0 Å². The number of fused-ring (bicyclic) bond motifs is 3. The van der Waals surface area contributed by atoms with Crippen molar-refractivity contribution in [2.45, 2.75) is 33.1 Å². The molecule has 2 nitrogen and oxygen atoms in total. The standard InChI is InChI=1S/C29H26O2/c1-17-13-15-25(27(30)19(17)3)29(26-16-14-18(2)20(4)28(26)31)23-11-7-5-9-21(23)22-10-6-8-12-24(22)29/h5-16,30-31H,1-4H3. The molecular weight excluding hydrogens is 380 g/mol. The Labute approximate surface area is 183 Å². The minimum atomic E-state index is -0.807. The summed E-state index contributed by atoms with van der Waals surface area (Å²) in [5.41, 5.74) is 9.02. The van der Waals surface area contributed by atoms with Crippen LogP contribution >= 0.6 is 0 Å². The lowest BCUT2D eigenvalue weighted by atomic mass is 9.66. The monoisotopic (exact) mass is 406 g/mol. The fourth-order valence-electron chi connectivity index (χ4n) is 5.17. The summed E-state index contributed by atoms with van der Waals surface area (Å²) in [6, 6.07) is 24.8. The zero-order valence-electron chi connectivity index (χ0n) is 18.3. The van der Waals surface area contributed by atoms with Crippen LogP contribution in [0.15, 0.2) is 72.8 Å². The van der Waals surface area contributed by atoms with Crippen LogP contribution in [-0.4, -0.2) is 10.2 Å². The molecule has 0 aliphatic heterocycles. The molecule has 0 saturated heterocycles. The largest absolute Gasteiger partial charge is 0.507 e. The maximum atomic E-state index is 11.4. The van der Waals surface area contributed by atoms with Gasteiger partial charge in [0.05, 0.1) is 5.41 Å². The second kappa shape index (κ2) is 6.75. The molecule has 0 aromatic heterocycles. The molecule has 0 spiro atoms. The van der Waals surface area contributed by atoms with Crippen LogP contribution in [0.2, 0.25) is 0 Å². The third kappa shape index (κ3) is 2.45. The maximum Gasteiger partial charge on any atom is 0.123 e. The lowest BCUT2D eigenvalue weighted by Gasteiger charge is -2.35. The van der Waals surface area contributed by atoms with Gasteiger partial charge in [0.1, 0.15) is 11.5 Å². The van der Waals surface area contributed by atoms with Gasteiger partial charge in [0.25, 0.3) is 0 Å². The number of phenols is 2. The van der Waals surface area contributed by atoms with Gasteiger partial charge in [-0.1, -0.05) is 72.8 Å². The van der Waals surface area contributed by atoms with Crippen molar-refractivity contribution in [1.82, 2.24) is 0 Å². The molecule has 1 aliphatic rings. The molecule has 0 bridgehead atoms. The van der Waals surface area contributed by atoms with Crippen LogP contribution in [0.5, 0.6) is 11.5 Å². The van der Waals surface area contributed by atoms with E-state index < -0.39 is 5.41 Å². The van der Waals surface area contributed by atoms with E-state index in [1.165, 1.54) is 0 Å². The average Bonchev–Trinajstić information content (AvgIpc) is 3.07. The van der Waals surface area contributed by atoms with Crippen molar-refractivity contribution in [2.24, 2.45) is 0 Å². The summed E-state index contributed by atoms with van der Waals surface area (Å²) in [5.74, 6) is 0.563. The summed E-state index contributed by atoms with van der Waals surface area (Å²) in [6.07, 6.45) is 0. The number of benzene rings is 4. The van der Waals surface area contributed by atoms with Gasteiger partial charge >= 0.3 is 0 Å². The Morgan fingerprint density at radius 1 is 0.484 bits per heavy atom. The first-order chi connectivity index (χ1) is 14.9. The van der Waals surface area contributed by atoms with E-state index in [-0.39, 0.29) is 11.5 Å². The van der Waals surface area contributed by atoms with E-state index in [0.717, 1.165) is 55.6 Å². The molecule has 5 rings (SSSR count). The van der Waals surface area contributed by atoms with Gasteiger partial charge in [-0.25, -0.2) is 0 Å². The van der Waals surface area contributed by atoms with E-state index in [1.54, 1.807) is 0 Å². The zero-order chi connectivity index (χ0) is 21.9. The summed E-state index contributed by atoms with van der Waals surface area (Å²) in [5, 5.41) is 22.9. The molecule has 4 aromatic carbocycles. The highest BCUT2D eigenvalue weighted by molar-refractivity contribution is 5.87. The highest BCUT2D eigenvalue weighted by atomic mass is 16.3. The fraction of sp³-hybridized carbons (Fsp3) is 0.172. The van der Waals surface area contributed by atoms with E-state index in [9.17, 15) is 10.2 Å². The van der Waals surface area contributed by atoms with Gasteiger partial charge in [-0.2, -0.15) is 0 Å². The molecule has 0 heterocycles. The van der Waals surface area contributed by atoms with Crippen LogP contribution in [0, 0.1) is 27.7 Å². The number of aromatic hydroxyl groups is 2. The molecule has 1 aliphatic carbocycles. The Morgan fingerprint density at radius 2 is 0.871 bits per heavy atom. The third-order valence-corrected chi connectivity index (χ3v) is 7.16. The Morgan fingerprint density at radius 3 is 1.29 bits per heavy atom. The van der Waals surface area contributed by atoms with Crippen LogP contribution < -0.4 is 0 Å². The average molecular weight is 407 g/mol. The van der Waals surface area contributed by atoms with E-state index >= 15 is 0 Å². The first kappa shape index (κ1) is 19.4. The quantitative estimate of drug-likeness (QED) is 0.343. The number of aryl methyl sites for hydroxylation is 2. The van der Waals surface area contributed by atoms with Crippen molar-refractivity contribution in [2.75, 3.05) is 0 Å². The van der Waals surface area contributed by atoms with Crippen molar-refractivity contribution < 1.29 is 10.2 Å². The molecule has 0 radical (unpaired) electrons. The third-order valence-electron chi connectivity index (χ3n) is 7.16. The van der Waals surface area contributed by atoms with E-state index in [1.807, 2.05) is 64.1 Å². The highest BCUT2D eigenvalue weighted by Crippen LogP contribution is 2.59. The number of phenolic OH excluding ortho intramolecular Hbond substituents is 2. The van der Waals surface area contributed by atoms with Crippen molar-refractivity contribution >= 4 is 0 Å². The molecule has 31 heavy (non-hydrogen) atoms. The second-order valence-electron chi connectivity index (χ2n) is 8.65. The molecule has 0 saturated carbocycles. The van der Waals surface area contributed by atoms with Crippen LogP contribution in [0.1, 0.15) is 44.5 Å². The summed E-state index contributed by atoms with van der Waals surface area (Å²) in [7, 11) is 0. The summed E-state index contributed by atoms with van der Waals surface area (Å²) in [4.78, 5) is 0. The van der Waals surface area contributed by atoms with E-state index in [2.05, 4.69) is 36.4 Å². The Bertz CT molecular complexity index is 1240. The van der Waals surface area contributed by atoms with Gasteiger partial charge < -0.3 is 10.2 Å². The first-order valence-corrected chi connectivity index (χ1v) is 10.7. The summed E-state index contributed by atoms with van der Waals surface area (Å²) in [6.45, 7) is 7.93. The lowest BCUT2D eigenvalue weighted by Crippen LogP contribution is -2.29. The fourth-order valence-corrected chi connectivity index (χ4v) is 5.17. The topological polar surface area (TPSA) is 40.5 Å². The van der Waals surface area contributed by atoms with Gasteiger partial charge in [0.2, 0.25) is 0 Å². The van der Waals surface area contributed by atoms with Gasteiger partial charge in [0.15, 0.2) is 0 Å². The lowest BCUT2D eigenvalue weighted by molar-refractivity contribution is 0.443. The normalized spacial score (nSPS) is 13.7. The van der Waals surface area contributed by atoms with Gasteiger partial charge in [-0.3, -0.25) is 0 Å². The van der Waals surface area contributed by atoms with E-state index in [0.29, 0.717) is 0 Å². The van der Waals surface area contributed by atoms with Gasteiger partial charge in [-0.15, -0.1) is 0 Å². The molecule has 0 amide bonds. The van der Waals surface area contributed by atoms with Crippen molar-refractivity contribution in [3.63, 3.8) is 0 Å². The zero-order valence-corrected chi connectivity index (χ0v) is 18.3. The predicted octanol–water partition coefficient (Wildman–Crippen LogP) is 6.69. The van der Waals surface area contributed by atoms with Crippen LogP contribution in [0.25, 0.3) is 11.1 Å². The number of hydrogen-bond donors (Lipinski definition) is 2. The SMILES string of the molecule is Cc1ccc(C2(c3ccc(C)c(C)c3O)c3ccccc3-c3ccccc32)c(O)c1C. The number of hydrogen-bond acceptors (Lipinski definition) is 2. The Kier molecular flexibility index (Phi) is 4.23. The highest BCUT2D eigenvalue weighted by Gasteiger charge is 2.49. The van der Waals surface area contributed by atoms with Gasteiger partial charge in [-0.05, 0) is 72.2 Å². The van der Waals surface area contributed by atoms with Crippen molar-refractivity contribution in [3.8, 4) is 22.6 Å². The van der Waals surface area contributed by atoms with Crippen molar-refractivity contribution in [3.05, 3.63) is 117 Å². The molecular formula is C29H26O2. The smallest absolute Gasteiger partial charge is 0.123 e. The molecule has 2 heteroatoms. The summed E-state index contributed by atoms with van der Waals surface area (Å²) >= 11 is 0. The second-order valence-corrected chi connectivity index (χ2v) is 8.65. The molecule has 0 atom stereocenters. The molecule has 0 fully saturated rings. The molecule has 4 aromatic rings. The minimum absolute atomic E-state index is 0.282. The van der Waals surface area contributed by atoms with E-state index in [4.69, 9.17) is 0 Å². The van der Waals surface area contributed by atoms with Crippen LogP contribution in [0.3, 0.4) is 0 Å². The Hall–Kier alpha value is -3.52. The van der Waals surface area contributed by atoms with Gasteiger partial charge in [0, 0.05) is 11.1 Å². The molecule has 0 unspecified atom stereocenters. The first-order valence-electron chi connectivity index (χ1n) is 10.7. The minimum Gasteiger partial charge on any atom is -0.507 e. The van der Waals surface area contributed by atoms with Crippen molar-refractivity contribution in [1.29, 1.82) is 0 Å². The molecule has 154 valence electrons. The summed E-state index contributed by atoms with van der Waals surface area (Å²) < 4.78 is 0. The number of rotatable bonds is 2. The Balaban J connectivity index is 2.04. The molecule has 2 N–H and O–H groups in total. The van der Waals surface area contributed by atoms with Crippen LogP contribution in [-0.2, 0) is 5.41 Å². The maximum absolute atomic E-state index is 11.4. The predicted molar refractivity (Wildman–Crippen MR) is 126 cm³/mol.